The average Bonchev–Trinajstić information content (AvgIpc) is 3.28. The van der Waals surface area contributed by atoms with Crippen molar-refractivity contribution in [2.24, 2.45) is 0 Å². The molecule has 0 saturated heterocycles. The van der Waals surface area contributed by atoms with Gasteiger partial charge < -0.3 is 14.2 Å². The Morgan fingerprint density at radius 1 is 0.317 bits per heavy atom. The van der Waals surface area contributed by atoms with Gasteiger partial charge in [0.2, 0.25) is 0 Å². The van der Waals surface area contributed by atoms with Crippen LogP contribution in [0.5, 0.6) is 0 Å². The summed E-state index contributed by atoms with van der Waals surface area (Å²) in [4.78, 5) is 38.0. The zero-order chi connectivity index (χ0) is 45.8. The first-order valence-corrected chi connectivity index (χ1v) is 26.4. The Balaban J connectivity index is 4.46. The third-order valence-electron chi connectivity index (χ3n) is 11.2. The summed E-state index contributed by atoms with van der Waals surface area (Å²) in [5, 5.41) is 0. The molecule has 6 heteroatoms. The molecule has 0 heterocycles. The van der Waals surface area contributed by atoms with Crippen LogP contribution in [0.4, 0.5) is 0 Å². The zero-order valence-electron chi connectivity index (χ0n) is 41.3. The van der Waals surface area contributed by atoms with Crippen LogP contribution in [0.25, 0.3) is 0 Å². The van der Waals surface area contributed by atoms with Gasteiger partial charge in [-0.1, -0.05) is 190 Å². The van der Waals surface area contributed by atoms with E-state index in [1.165, 1.54) is 96.3 Å². The van der Waals surface area contributed by atoms with E-state index >= 15 is 0 Å². The summed E-state index contributed by atoms with van der Waals surface area (Å²) in [7, 11) is 0. The molecule has 1 atom stereocenters. The van der Waals surface area contributed by atoms with Gasteiger partial charge in [-0.25, -0.2) is 0 Å². The lowest BCUT2D eigenvalue weighted by molar-refractivity contribution is -0.167. The molecule has 0 radical (unpaired) electrons. The Kier molecular flexibility index (Phi) is 48.9. The van der Waals surface area contributed by atoms with Crippen molar-refractivity contribution in [2.45, 2.75) is 258 Å². The maximum Gasteiger partial charge on any atom is 0.306 e. The van der Waals surface area contributed by atoms with Crippen molar-refractivity contribution in [3.63, 3.8) is 0 Å². The van der Waals surface area contributed by atoms with Crippen LogP contribution in [-0.4, -0.2) is 37.2 Å². The van der Waals surface area contributed by atoms with Crippen LogP contribution in [0.3, 0.4) is 0 Å². The van der Waals surface area contributed by atoms with E-state index in [1.54, 1.807) is 0 Å². The van der Waals surface area contributed by atoms with Gasteiger partial charge in [-0.2, -0.15) is 0 Å². The number of carbonyl (C=O) groups excluding carboxylic acids is 3. The highest BCUT2D eigenvalue weighted by molar-refractivity contribution is 5.71. The maximum absolute atomic E-state index is 12.8. The number of hydrogen-bond donors (Lipinski definition) is 0. The van der Waals surface area contributed by atoms with Gasteiger partial charge in [0.1, 0.15) is 13.2 Å². The number of allylic oxidation sites excluding steroid dienone is 12. The number of carbonyl (C=O) groups is 3. The van der Waals surface area contributed by atoms with E-state index in [9.17, 15) is 14.4 Å². The fraction of sp³-hybridized carbons (Fsp3) is 0.737. The van der Waals surface area contributed by atoms with Crippen LogP contribution < -0.4 is 0 Å². The van der Waals surface area contributed by atoms with Crippen LogP contribution in [-0.2, 0) is 28.6 Å². The van der Waals surface area contributed by atoms with Crippen molar-refractivity contribution < 1.29 is 28.6 Å². The molecule has 362 valence electrons. The predicted octanol–water partition coefficient (Wildman–Crippen LogP) is 17.4. The van der Waals surface area contributed by atoms with Crippen LogP contribution in [0.2, 0.25) is 0 Å². The minimum atomic E-state index is -0.795. The average molecular weight is 879 g/mol. The molecular formula is C57H98O6. The molecule has 63 heavy (non-hydrogen) atoms. The van der Waals surface area contributed by atoms with Gasteiger partial charge in [0.15, 0.2) is 6.10 Å². The monoisotopic (exact) mass is 879 g/mol. The molecule has 0 aromatic heterocycles. The van der Waals surface area contributed by atoms with Crippen LogP contribution in [0, 0.1) is 0 Å². The first-order chi connectivity index (χ1) is 31.0. The fourth-order valence-electron chi connectivity index (χ4n) is 7.12. The van der Waals surface area contributed by atoms with E-state index in [-0.39, 0.29) is 31.1 Å². The summed E-state index contributed by atoms with van der Waals surface area (Å²) >= 11 is 0. The van der Waals surface area contributed by atoms with Gasteiger partial charge in [0.25, 0.3) is 0 Å². The van der Waals surface area contributed by atoms with E-state index in [4.69, 9.17) is 14.2 Å². The summed E-state index contributed by atoms with van der Waals surface area (Å²) in [5.41, 5.74) is 0. The first-order valence-electron chi connectivity index (χ1n) is 26.4. The van der Waals surface area contributed by atoms with Gasteiger partial charge in [-0.05, 0) is 116 Å². The summed E-state index contributed by atoms with van der Waals surface area (Å²) in [5.74, 6) is -0.935. The highest BCUT2D eigenvalue weighted by atomic mass is 16.6. The molecule has 6 nitrogen and oxygen atoms in total. The maximum atomic E-state index is 12.8. The molecule has 0 saturated carbocycles. The molecule has 0 bridgehead atoms. The standard InChI is InChI=1S/C57H98O6/c1-4-7-10-13-16-19-22-25-27-28-30-32-35-38-41-44-47-50-56(59)62-53-54(52-61-55(58)49-46-43-40-37-34-31-24-21-18-15-12-9-6-3)63-57(60)51-48-45-42-39-36-33-29-26-23-20-17-14-11-8-5-2/h16-17,19-21,24-27,29-30,32,54H,4-15,18,22-23,28,31,33-53H2,1-3H3/b19-16-,20-17-,24-21-,27-25-,29-26-,32-30-/t54-/m0/s1. The molecule has 0 aliphatic heterocycles. The van der Waals surface area contributed by atoms with Gasteiger partial charge in [0, 0.05) is 19.3 Å². The molecule has 0 aromatic rings. The summed E-state index contributed by atoms with van der Waals surface area (Å²) in [6.45, 7) is 6.53. The Labute approximate surface area is 389 Å². The smallest absolute Gasteiger partial charge is 0.306 e. The molecule has 0 aliphatic carbocycles. The normalized spacial score (nSPS) is 12.6. The van der Waals surface area contributed by atoms with Crippen molar-refractivity contribution in [3.05, 3.63) is 72.9 Å². The second-order valence-corrected chi connectivity index (χ2v) is 17.4. The van der Waals surface area contributed by atoms with E-state index < -0.39 is 6.10 Å². The Morgan fingerprint density at radius 3 is 0.937 bits per heavy atom. The van der Waals surface area contributed by atoms with Crippen molar-refractivity contribution in [1.82, 2.24) is 0 Å². The molecule has 0 rings (SSSR count). The Morgan fingerprint density at radius 2 is 0.571 bits per heavy atom. The third-order valence-corrected chi connectivity index (χ3v) is 11.2. The van der Waals surface area contributed by atoms with E-state index in [2.05, 4.69) is 93.7 Å². The highest BCUT2D eigenvalue weighted by Gasteiger charge is 2.19. The SMILES string of the molecule is CCCCC/C=C\C/C=C\C/C=C\CCCCCCC(=O)OC[C@H](COC(=O)CCCCCCC/C=C\CCCCCC)OC(=O)CCCCCCC/C=C\C/C=C\CCCCC. The van der Waals surface area contributed by atoms with Crippen molar-refractivity contribution in [2.75, 3.05) is 13.2 Å². The molecule has 0 N–H and O–H groups in total. The third kappa shape index (κ3) is 49.7. The lowest BCUT2D eigenvalue weighted by Crippen LogP contribution is -2.30. The van der Waals surface area contributed by atoms with Crippen LogP contribution in [0.15, 0.2) is 72.9 Å². The van der Waals surface area contributed by atoms with Crippen molar-refractivity contribution >= 4 is 17.9 Å². The fourth-order valence-corrected chi connectivity index (χ4v) is 7.12. The second kappa shape index (κ2) is 51.5. The lowest BCUT2D eigenvalue weighted by atomic mass is 10.1. The molecule has 0 fully saturated rings. The zero-order valence-corrected chi connectivity index (χ0v) is 41.3. The molecule has 0 unspecified atom stereocenters. The highest BCUT2D eigenvalue weighted by Crippen LogP contribution is 2.13. The molecule has 0 amide bonds. The minimum absolute atomic E-state index is 0.0930. The number of esters is 3. The molecular weight excluding hydrogens is 781 g/mol. The predicted molar refractivity (Wildman–Crippen MR) is 270 cm³/mol. The second-order valence-electron chi connectivity index (χ2n) is 17.4. The number of unbranched alkanes of at least 4 members (excludes halogenated alkanes) is 24. The molecule has 0 aromatic carbocycles. The number of rotatable bonds is 47. The summed E-state index contributed by atoms with van der Waals surface area (Å²) in [6, 6.07) is 0. The van der Waals surface area contributed by atoms with E-state index in [1.807, 2.05) is 0 Å². The van der Waals surface area contributed by atoms with E-state index in [0.29, 0.717) is 19.3 Å². The lowest BCUT2D eigenvalue weighted by Gasteiger charge is -2.18. The topological polar surface area (TPSA) is 78.9 Å². The quantitative estimate of drug-likeness (QED) is 0.0262. The van der Waals surface area contributed by atoms with Gasteiger partial charge >= 0.3 is 17.9 Å². The number of hydrogen-bond acceptors (Lipinski definition) is 6. The van der Waals surface area contributed by atoms with Crippen molar-refractivity contribution in [1.29, 1.82) is 0 Å². The molecule has 0 spiro atoms. The summed E-state index contributed by atoms with van der Waals surface area (Å²) < 4.78 is 16.8. The Bertz CT molecular complexity index is 1190. The van der Waals surface area contributed by atoms with Crippen molar-refractivity contribution in [3.8, 4) is 0 Å². The summed E-state index contributed by atoms with van der Waals surface area (Å²) in [6.07, 6.45) is 64.5. The van der Waals surface area contributed by atoms with Gasteiger partial charge in [-0.15, -0.1) is 0 Å². The van der Waals surface area contributed by atoms with Gasteiger partial charge in [0.05, 0.1) is 0 Å². The first kappa shape index (κ1) is 59.9. The van der Waals surface area contributed by atoms with Crippen LogP contribution >= 0.6 is 0 Å². The Hall–Kier alpha value is -3.15. The largest absolute Gasteiger partial charge is 0.462 e. The molecule has 0 aliphatic rings. The van der Waals surface area contributed by atoms with Gasteiger partial charge in [-0.3, -0.25) is 14.4 Å². The van der Waals surface area contributed by atoms with E-state index in [0.717, 1.165) is 116 Å². The minimum Gasteiger partial charge on any atom is -0.462 e. The number of ether oxygens (including phenoxy) is 3. The van der Waals surface area contributed by atoms with Crippen LogP contribution in [0.1, 0.15) is 252 Å².